The van der Waals surface area contributed by atoms with E-state index in [1.807, 2.05) is 13.0 Å². The first-order valence-corrected chi connectivity index (χ1v) is 5.29. The minimum absolute atomic E-state index is 0.122. The third kappa shape index (κ3) is 1.87. The van der Waals surface area contributed by atoms with Gasteiger partial charge in [0.1, 0.15) is 0 Å². The summed E-state index contributed by atoms with van der Waals surface area (Å²) in [6.45, 7) is 2.02. The van der Waals surface area contributed by atoms with E-state index in [0.29, 0.717) is 5.82 Å². The molecule has 0 aromatic carbocycles. The fraction of sp³-hybridized carbons (Fsp3) is 0.600. The molecule has 1 amide bonds. The van der Waals surface area contributed by atoms with Gasteiger partial charge < -0.3 is 11.1 Å². The molecule has 1 aromatic heterocycles. The van der Waals surface area contributed by atoms with Crippen LogP contribution in [0.15, 0.2) is 6.07 Å². The van der Waals surface area contributed by atoms with Crippen LogP contribution in [0.3, 0.4) is 0 Å². The highest BCUT2D eigenvalue weighted by molar-refractivity contribution is 5.97. The molecular weight excluding hydrogens is 192 g/mol. The number of aromatic amines is 1. The number of rotatable bonds is 3. The van der Waals surface area contributed by atoms with E-state index in [9.17, 15) is 4.79 Å². The lowest BCUT2D eigenvalue weighted by Gasteiger charge is -2.35. The van der Waals surface area contributed by atoms with E-state index < -0.39 is 5.54 Å². The fourth-order valence-corrected chi connectivity index (χ4v) is 1.63. The zero-order valence-corrected chi connectivity index (χ0v) is 8.84. The van der Waals surface area contributed by atoms with E-state index in [1.165, 1.54) is 0 Å². The van der Waals surface area contributed by atoms with Gasteiger partial charge in [0.05, 0.1) is 5.54 Å². The van der Waals surface area contributed by atoms with Crippen LogP contribution in [0.4, 0.5) is 5.82 Å². The van der Waals surface area contributed by atoms with Gasteiger partial charge in [0.25, 0.3) is 0 Å². The van der Waals surface area contributed by atoms with Crippen molar-refractivity contribution in [3.63, 3.8) is 0 Å². The van der Waals surface area contributed by atoms with Crippen LogP contribution in [0.5, 0.6) is 0 Å². The van der Waals surface area contributed by atoms with Crippen molar-refractivity contribution >= 4 is 11.7 Å². The van der Waals surface area contributed by atoms with Crippen LogP contribution in [0, 0.1) is 0 Å². The second-order valence-corrected chi connectivity index (χ2v) is 4.10. The molecule has 15 heavy (non-hydrogen) atoms. The van der Waals surface area contributed by atoms with E-state index in [-0.39, 0.29) is 5.91 Å². The van der Waals surface area contributed by atoms with E-state index in [2.05, 4.69) is 15.5 Å². The Kier molecular flexibility index (Phi) is 2.48. The molecule has 0 aliphatic heterocycles. The number of hydrogen-bond acceptors (Lipinski definition) is 3. The molecule has 1 aliphatic rings. The van der Waals surface area contributed by atoms with Crippen molar-refractivity contribution in [2.75, 3.05) is 5.32 Å². The lowest BCUT2D eigenvalue weighted by atomic mass is 9.77. The summed E-state index contributed by atoms with van der Waals surface area (Å²) in [7, 11) is 0. The molecule has 0 bridgehead atoms. The van der Waals surface area contributed by atoms with Gasteiger partial charge in [-0.05, 0) is 25.7 Å². The summed E-state index contributed by atoms with van der Waals surface area (Å²) in [5.74, 6) is 0.441. The van der Waals surface area contributed by atoms with Gasteiger partial charge >= 0.3 is 0 Å². The minimum Gasteiger partial charge on any atom is -0.317 e. The van der Waals surface area contributed by atoms with Crippen LogP contribution >= 0.6 is 0 Å². The van der Waals surface area contributed by atoms with Crippen molar-refractivity contribution in [3.8, 4) is 0 Å². The number of aryl methyl sites for hydroxylation is 1. The van der Waals surface area contributed by atoms with E-state index in [0.717, 1.165) is 31.4 Å². The van der Waals surface area contributed by atoms with Gasteiger partial charge in [-0.1, -0.05) is 6.92 Å². The summed E-state index contributed by atoms with van der Waals surface area (Å²) < 4.78 is 0. The summed E-state index contributed by atoms with van der Waals surface area (Å²) in [5, 5.41) is 9.56. The Labute approximate surface area is 88.4 Å². The number of anilines is 1. The second kappa shape index (κ2) is 3.66. The van der Waals surface area contributed by atoms with E-state index >= 15 is 0 Å². The molecule has 4 N–H and O–H groups in total. The highest BCUT2D eigenvalue weighted by Crippen LogP contribution is 2.30. The summed E-state index contributed by atoms with van der Waals surface area (Å²) in [5.41, 5.74) is 6.23. The Bertz CT molecular complexity index is 367. The Morgan fingerprint density at radius 2 is 2.47 bits per heavy atom. The van der Waals surface area contributed by atoms with Crippen molar-refractivity contribution < 1.29 is 4.79 Å². The molecule has 0 unspecified atom stereocenters. The molecule has 2 rings (SSSR count). The molecule has 5 heteroatoms. The van der Waals surface area contributed by atoms with Crippen molar-refractivity contribution in [1.29, 1.82) is 0 Å². The maximum Gasteiger partial charge on any atom is 0.245 e. The molecule has 1 fully saturated rings. The lowest BCUT2D eigenvalue weighted by Crippen LogP contribution is -2.56. The standard InChI is InChI=1S/C10H16N4O/c1-2-7-6-8(14-13-7)12-9(15)10(11)4-3-5-10/h6H,2-5,11H2,1H3,(H2,12,13,14,15). The number of H-pyrrole nitrogens is 1. The lowest BCUT2D eigenvalue weighted by molar-refractivity contribution is -0.123. The Hall–Kier alpha value is -1.36. The Morgan fingerprint density at radius 3 is 2.93 bits per heavy atom. The number of nitrogens with zero attached hydrogens (tertiary/aromatic N) is 1. The number of hydrogen-bond donors (Lipinski definition) is 3. The molecule has 1 aromatic rings. The van der Waals surface area contributed by atoms with Crippen LogP contribution in [0.1, 0.15) is 31.9 Å². The van der Waals surface area contributed by atoms with Gasteiger partial charge in [-0.25, -0.2) is 0 Å². The molecule has 1 saturated carbocycles. The second-order valence-electron chi connectivity index (χ2n) is 4.10. The first kappa shape index (κ1) is 10.2. The SMILES string of the molecule is CCc1cc(NC(=O)C2(N)CCC2)n[nH]1. The van der Waals surface area contributed by atoms with Crippen molar-refractivity contribution in [3.05, 3.63) is 11.8 Å². The highest BCUT2D eigenvalue weighted by atomic mass is 16.2. The number of carbonyl (C=O) groups excluding carboxylic acids is 1. The number of nitrogens with two attached hydrogens (primary N) is 1. The first-order chi connectivity index (χ1) is 7.14. The van der Waals surface area contributed by atoms with Crippen molar-refractivity contribution in [2.45, 2.75) is 38.1 Å². The molecule has 5 nitrogen and oxygen atoms in total. The number of nitrogens with one attached hydrogen (secondary N) is 2. The summed E-state index contributed by atoms with van der Waals surface area (Å²) in [4.78, 5) is 11.7. The Balaban J connectivity index is 1.99. The molecular formula is C10H16N4O. The predicted octanol–water partition coefficient (Wildman–Crippen LogP) is 0.792. The van der Waals surface area contributed by atoms with Gasteiger partial charge in [0, 0.05) is 11.8 Å². The van der Waals surface area contributed by atoms with Gasteiger partial charge in [0.2, 0.25) is 5.91 Å². The van der Waals surface area contributed by atoms with E-state index in [4.69, 9.17) is 5.73 Å². The van der Waals surface area contributed by atoms with Gasteiger partial charge in [0.15, 0.2) is 5.82 Å². The molecule has 82 valence electrons. The molecule has 0 saturated heterocycles. The Morgan fingerprint density at radius 1 is 1.73 bits per heavy atom. The van der Waals surface area contributed by atoms with Gasteiger partial charge in [-0.3, -0.25) is 9.89 Å². The third-order valence-electron chi connectivity index (χ3n) is 2.95. The predicted molar refractivity (Wildman–Crippen MR) is 57.4 cm³/mol. The monoisotopic (exact) mass is 208 g/mol. The molecule has 1 aliphatic carbocycles. The molecule has 0 atom stereocenters. The average Bonchev–Trinajstić information content (AvgIpc) is 2.61. The largest absolute Gasteiger partial charge is 0.317 e. The third-order valence-corrected chi connectivity index (χ3v) is 2.95. The van der Waals surface area contributed by atoms with Crippen LogP contribution in [0.25, 0.3) is 0 Å². The number of carbonyl (C=O) groups is 1. The topological polar surface area (TPSA) is 83.8 Å². The first-order valence-electron chi connectivity index (χ1n) is 5.29. The van der Waals surface area contributed by atoms with Crippen LogP contribution in [-0.4, -0.2) is 21.6 Å². The van der Waals surface area contributed by atoms with Gasteiger partial charge in [-0.15, -0.1) is 0 Å². The zero-order chi connectivity index (χ0) is 10.9. The minimum atomic E-state index is -0.661. The molecule has 0 spiro atoms. The zero-order valence-electron chi connectivity index (χ0n) is 8.84. The fourth-order valence-electron chi connectivity index (χ4n) is 1.63. The number of aromatic nitrogens is 2. The number of amides is 1. The van der Waals surface area contributed by atoms with Crippen molar-refractivity contribution in [1.82, 2.24) is 10.2 Å². The van der Waals surface area contributed by atoms with Crippen LogP contribution in [-0.2, 0) is 11.2 Å². The summed E-state index contributed by atoms with van der Waals surface area (Å²) in [6, 6.07) is 1.83. The molecule has 0 radical (unpaired) electrons. The normalized spacial score (nSPS) is 18.3. The summed E-state index contributed by atoms with van der Waals surface area (Å²) >= 11 is 0. The average molecular weight is 208 g/mol. The highest BCUT2D eigenvalue weighted by Gasteiger charge is 2.40. The van der Waals surface area contributed by atoms with E-state index in [1.54, 1.807) is 0 Å². The summed E-state index contributed by atoms with van der Waals surface area (Å²) in [6.07, 6.45) is 3.44. The maximum atomic E-state index is 11.7. The van der Waals surface area contributed by atoms with Crippen LogP contribution in [0.2, 0.25) is 0 Å². The quantitative estimate of drug-likeness (QED) is 0.686. The van der Waals surface area contributed by atoms with Crippen LogP contribution < -0.4 is 11.1 Å². The smallest absolute Gasteiger partial charge is 0.245 e. The van der Waals surface area contributed by atoms with Gasteiger partial charge in [-0.2, -0.15) is 5.10 Å². The van der Waals surface area contributed by atoms with Crippen molar-refractivity contribution in [2.24, 2.45) is 5.73 Å². The molecule has 1 heterocycles. The maximum absolute atomic E-state index is 11.7.